The van der Waals surface area contributed by atoms with E-state index in [2.05, 4.69) is 0 Å². The summed E-state index contributed by atoms with van der Waals surface area (Å²) in [6, 6.07) is -1.63. The number of carbonyl (C=O) groups is 3. The second-order valence-corrected chi connectivity index (χ2v) is 6.86. The van der Waals surface area contributed by atoms with Crippen LogP contribution in [-0.4, -0.2) is 146 Å². The van der Waals surface area contributed by atoms with Gasteiger partial charge in [-0.3, -0.25) is 4.90 Å². The number of amides is 3. The average Bonchev–Trinajstić information content (AvgIpc) is 2.64. The van der Waals surface area contributed by atoms with Crippen LogP contribution in [0.2, 0.25) is 0 Å². The quantitative estimate of drug-likeness (QED) is 0.306. The molecule has 1 saturated heterocycles. The van der Waals surface area contributed by atoms with Gasteiger partial charge >= 0.3 is 18.3 Å². The molecule has 1 rings (SSSR count). The van der Waals surface area contributed by atoms with Gasteiger partial charge in [-0.05, 0) is 6.92 Å². The molecule has 1 fully saturated rings. The van der Waals surface area contributed by atoms with Crippen LogP contribution in [0.1, 0.15) is 6.92 Å². The topological polar surface area (TPSA) is 186 Å². The van der Waals surface area contributed by atoms with Gasteiger partial charge in [-0.2, -0.15) is 0 Å². The molecule has 3 amide bonds. The number of rotatable bonds is 4. The van der Waals surface area contributed by atoms with Crippen molar-refractivity contribution in [2.75, 3.05) is 59.0 Å². The van der Waals surface area contributed by atoms with Crippen molar-refractivity contribution >= 4 is 18.3 Å². The van der Waals surface area contributed by atoms with Crippen molar-refractivity contribution < 1.29 is 45.0 Å². The van der Waals surface area contributed by atoms with Gasteiger partial charge in [0, 0.05) is 51.9 Å². The Morgan fingerprint density at radius 2 is 1.34 bits per heavy atom. The highest BCUT2D eigenvalue weighted by Crippen LogP contribution is 2.10. The SMILES string of the molecule is CC1CN(C(=O)O)CCN(C(=O)O)CCN(C(CO)C(O)CO)CCN1C(=O)O. The van der Waals surface area contributed by atoms with Gasteiger partial charge in [-0.25, -0.2) is 14.4 Å². The zero-order valence-electron chi connectivity index (χ0n) is 16.3. The van der Waals surface area contributed by atoms with Gasteiger partial charge in [0.15, 0.2) is 0 Å². The van der Waals surface area contributed by atoms with Gasteiger partial charge in [0.25, 0.3) is 0 Å². The predicted octanol–water partition coefficient (Wildman–Crippen LogP) is -1.66. The molecule has 13 heteroatoms. The minimum Gasteiger partial charge on any atom is -0.465 e. The lowest BCUT2D eigenvalue weighted by atomic mass is 10.1. The molecule has 29 heavy (non-hydrogen) atoms. The Labute approximate surface area is 167 Å². The van der Waals surface area contributed by atoms with Crippen molar-refractivity contribution in [1.82, 2.24) is 19.6 Å². The van der Waals surface area contributed by atoms with Gasteiger partial charge in [0.05, 0.1) is 25.4 Å². The summed E-state index contributed by atoms with van der Waals surface area (Å²) >= 11 is 0. The van der Waals surface area contributed by atoms with Gasteiger partial charge in [-0.1, -0.05) is 0 Å². The fourth-order valence-corrected chi connectivity index (χ4v) is 3.26. The molecule has 1 aliphatic heterocycles. The van der Waals surface area contributed by atoms with Crippen LogP contribution in [0.25, 0.3) is 0 Å². The molecule has 0 saturated carbocycles. The van der Waals surface area contributed by atoms with Gasteiger partial charge in [0.2, 0.25) is 0 Å². The number of hydrogen-bond acceptors (Lipinski definition) is 7. The minimum atomic E-state index is -1.30. The van der Waals surface area contributed by atoms with E-state index in [0.717, 1.165) is 14.7 Å². The average molecular weight is 422 g/mol. The maximum Gasteiger partial charge on any atom is 0.407 e. The highest BCUT2D eigenvalue weighted by atomic mass is 16.4. The monoisotopic (exact) mass is 422 g/mol. The van der Waals surface area contributed by atoms with Crippen LogP contribution >= 0.6 is 0 Å². The Balaban J connectivity index is 3.15. The molecular weight excluding hydrogens is 392 g/mol. The molecule has 0 aromatic rings. The largest absolute Gasteiger partial charge is 0.465 e. The van der Waals surface area contributed by atoms with E-state index in [-0.39, 0.29) is 45.8 Å². The lowest BCUT2D eigenvalue weighted by Crippen LogP contribution is -2.56. The van der Waals surface area contributed by atoms with E-state index in [1.54, 1.807) is 6.92 Å². The first-order valence-corrected chi connectivity index (χ1v) is 9.21. The van der Waals surface area contributed by atoms with E-state index < -0.39 is 49.7 Å². The van der Waals surface area contributed by atoms with E-state index in [0.29, 0.717) is 0 Å². The van der Waals surface area contributed by atoms with Crippen molar-refractivity contribution in [2.24, 2.45) is 0 Å². The Bertz CT molecular complexity index is 565. The molecule has 0 aromatic heterocycles. The van der Waals surface area contributed by atoms with Crippen LogP contribution in [0.3, 0.4) is 0 Å². The van der Waals surface area contributed by atoms with Crippen molar-refractivity contribution in [3.63, 3.8) is 0 Å². The van der Waals surface area contributed by atoms with E-state index in [4.69, 9.17) is 0 Å². The van der Waals surface area contributed by atoms with Gasteiger partial charge in [-0.15, -0.1) is 0 Å². The summed E-state index contributed by atoms with van der Waals surface area (Å²) in [6.07, 6.45) is -5.09. The highest BCUT2D eigenvalue weighted by molar-refractivity contribution is 5.67. The van der Waals surface area contributed by atoms with Crippen molar-refractivity contribution in [2.45, 2.75) is 25.1 Å². The first kappa shape index (κ1) is 24.7. The summed E-state index contributed by atoms with van der Waals surface area (Å²) in [5, 5.41) is 57.1. The lowest BCUT2D eigenvalue weighted by Gasteiger charge is -2.38. The molecule has 168 valence electrons. The molecule has 0 bridgehead atoms. The maximum atomic E-state index is 11.7. The van der Waals surface area contributed by atoms with E-state index >= 15 is 0 Å². The molecular formula is C16H30N4O9. The van der Waals surface area contributed by atoms with Crippen LogP contribution < -0.4 is 0 Å². The molecule has 0 aromatic carbocycles. The zero-order valence-corrected chi connectivity index (χ0v) is 16.3. The Kier molecular flexibility index (Phi) is 9.88. The second-order valence-electron chi connectivity index (χ2n) is 6.86. The molecule has 3 unspecified atom stereocenters. The minimum absolute atomic E-state index is 0.0411. The molecule has 0 aliphatic carbocycles. The van der Waals surface area contributed by atoms with Crippen LogP contribution in [0.15, 0.2) is 0 Å². The smallest absolute Gasteiger partial charge is 0.407 e. The zero-order chi connectivity index (χ0) is 22.1. The summed E-state index contributed by atoms with van der Waals surface area (Å²) in [5.74, 6) is 0. The van der Waals surface area contributed by atoms with E-state index in [1.807, 2.05) is 0 Å². The molecule has 6 N–H and O–H groups in total. The fraction of sp³-hybridized carbons (Fsp3) is 0.812. The third-order valence-electron chi connectivity index (χ3n) is 5.02. The first-order valence-electron chi connectivity index (χ1n) is 9.21. The standard InChI is InChI=1S/C16H30N4O9/c1-11-8-19(15(26)27)5-4-18(14(24)25)3-2-17(6-7-20(11)16(28)29)12(9-21)13(23)10-22/h11-13,21-23H,2-10H2,1H3,(H,24,25)(H,26,27)(H,28,29). The number of hydrogen-bond donors (Lipinski definition) is 6. The molecule has 0 spiro atoms. The van der Waals surface area contributed by atoms with E-state index in [1.165, 1.54) is 4.90 Å². The van der Waals surface area contributed by atoms with Crippen LogP contribution in [-0.2, 0) is 0 Å². The fourth-order valence-electron chi connectivity index (χ4n) is 3.26. The normalized spacial score (nSPS) is 22.3. The van der Waals surface area contributed by atoms with Crippen LogP contribution in [0.5, 0.6) is 0 Å². The maximum absolute atomic E-state index is 11.7. The van der Waals surface area contributed by atoms with Crippen molar-refractivity contribution in [3.05, 3.63) is 0 Å². The third-order valence-corrected chi connectivity index (χ3v) is 5.02. The van der Waals surface area contributed by atoms with Crippen LogP contribution in [0, 0.1) is 0 Å². The van der Waals surface area contributed by atoms with Crippen molar-refractivity contribution in [1.29, 1.82) is 0 Å². The lowest BCUT2D eigenvalue weighted by molar-refractivity contribution is -0.0198. The van der Waals surface area contributed by atoms with E-state index in [9.17, 15) is 45.0 Å². The van der Waals surface area contributed by atoms with Crippen LogP contribution in [0.4, 0.5) is 14.4 Å². The molecule has 1 heterocycles. The van der Waals surface area contributed by atoms with Crippen molar-refractivity contribution in [3.8, 4) is 0 Å². The van der Waals surface area contributed by atoms with Gasteiger partial charge in [0.1, 0.15) is 0 Å². The predicted molar refractivity (Wildman–Crippen MR) is 98.9 cm³/mol. The number of aliphatic hydroxyl groups is 3. The Morgan fingerprint density at radius 3 is 1.83 bits per heavy atom. The molecule has 13 nitrogen and oxygen atoms in total. The molecule has 1 aliphatic rings. The number of carboxylic acid groups (broad SMARTS) is 3. The summed E-state index contributed by atoms with van der Waals surface area (Å²) < 4.78 is 0. The number of aliphatic hydroxyl groups excluding tert-OH is 3. The summed E-state index contributed by atoms with van der Waals surface area (Å²) in [4.78, 5) is 39.2. The first-order chi connectivity index (χ1) is 13.6. The Morgan fingerprint density at radius 1 is 0.828 bits per heavy atom. The summed E-state index contributed by atoms with van der Waals surface area (Å²) in [5.41, 5.74) is 0. The third kappa shape index (κ3) is 7.20. The Hall–Kier alpha value is -2.35. The van der Waals surface area contributed by atoms with Gasteiger partial charge < -0.3 is 45.3 Å². The summed E-state index contributed by atoms with van der Waals surface area (Å²) in [6.45, 7) is -0.0430. The molecule has 3 atom stereocenters. The highest BCUT2D eigenvalue weighted by Gasteiger charge is 2.30. The molecule has 0 radical (unpaired) electrons. The second kappa shape index (κ2) is 11.6. The number of nitrogens with zero attached hydrogens (tertiary/aromatic N) is 4. The summed E-state index contributed by atoms with van der Waals surface area (Å²) in [7, 11) is 0.